The molecule has 2 saturated carbocycles. The van der Waals surface area contributed by atoms with Crippen LogP contribution in [0.3, 0.4) is 0 Å². The van der Waals surface area contributed by atoms with Gasteiger partial charge in [-0.1, -0.05) is 6.42 Å². The van der Waals surface area contributed by atoms with Gasteiger partial charge in [-0.05, 0) is 81.0 Å². The van der Waals surface area contributed by atoms with Crippen LogP contribution in [0.15, 0.2) is 24.3 Å². The highest BCUT2D eigenvalue weighted by molar-refractivity contribution is 5.97. The molecule has 1 heterocycles. The number of carbonyl (C=O) groups is 2. The van der Waals surface area contributed by atoms with Crippen LogP contribution in [0.25, 0.3) is 0 Å². The maximum atomic E-state index is 12.6. The Morgan fingerprint density at radius 2 is 1.96 bits per heavy atom. The van der Waals surface area contributed by atoms with E-state index in [9.17, 15) is 9.59 Å². The first-order valence-electron chi connectivity index (χ1n) is 9.83. The minimum absolute atomic E-state index is 0.00629. The molecule has 0 spiro atoms. The van der Waals surface area contributed by atoms with E-state index in [1.807, 2.05) is 29.2 Å². The fourth-order valence-electron chi connectivity index (χ4n) is 5.18. The fraction of sp³-hybridized carbons (Fsp3) is 0.619. The lowest BCUT2D eigenvalue weighted by Crippen LogP contribution is -2.40. The maximum Gasteiger partial charge on any atom is 0.251 e. The summed E-state index contributed by atoms with van der Waals surface area (Å²) in [5, 5.41) is 3.21. The molecule has 3 fully saturated rings. The highest BCUT2D eigenvalue weighted by Gasteiger charge is 2.42. The van der Waals surface area contributed by atoms with Crippen molar-refractivity contribution in [2.75, 3.05) is 11.4 Å². The van der Waals surface area contributed by atoms with Crippen LogP contribution in [0.1, 0.15) is 62.2 Å². The molecule has 25 heavy (non-hydrogen) atoms. The van der Waals surface area contributed by atoms with Gasteiger partial charge in [-0.2, -0.15) is 0 Å². The van der Waals surface area contributed by atoms with Crippen molar-refractivity contribution < 1.29 is 9.59 Å². The summed E-state index contributed by atoms with van der Waals surface area (Å²) in [5.74, 6) is 2.55. The Hall–Kier alpha value is -1.84. The second-order valence-electron chi connectivity index (χ2n) is 8.15. The molecule has 2 aliphatic carbocycles. The third-order valence-corrected chi connectivity index (χ3v) is 6.56. The van der Waals surface area contributed by atoms with Crippen LogP contribution in [0.4, 0.5) is 5.69 Å². The molecule has 2 amide bonds. The molecule has 1 N–H and O–H groups in total. The standard InChI is InChI=1S/C21H28N2O2/c1-14(19-13-15-5-6-17(19)12-15)22-21(25)16-7-9-18(10-8-16)23-11-3-2-4-20(23)24/h7-10,14-15,17,19H,2-6,11-13H2,1H3,(H,22,25)/t14-,15-,17-,19+/m0/s1. The van der Waals surface area contributed by atoms with Crippen LogP contribution in [-0.4, -0.2) is 24.4 Å². The molecule has 0 unspecified atom stereocenters. The Balaban J connectivity index is 1.38. The van der Waals surface area contributed by atoms with Gasteiger partial charge in [0.25, 0.3) is 5.91 Å². The smallest absolute Gasteiger partial charge is 0.251 e. The summed E-state index contributed by atoms with van der Waals surface area (Å²) in [6.45, 7) is 2.94. The van der Waals surface area contributed by atoms with Crippen molar-refractivity contribution in [3.8, 4) is 0 Å². The number of nitrogens with zero attached hydrogens (tertiary/aromatic N) is 1. The Labute approximate surface area is 150 Å². The lowest BCUT2D eigenvalue weighted by molar-refractivity contribution is -0.119. The quantitative estimate of drug-likeness (QED) is 0.907. The summed E-state index contributed by atoms with van der Waals surface area (Å²) in [4.78, 5) is 26.4. The van der Waals surface area contributed by atoms with Gasteiger partial charge in [-0.15, -0.1) is 0 Å². The average molecular weight is 340 g/mol. The van der Waals surface area contributed by atoms with Crippen LogP contribution in [-0.2, 0) is 4.79 Å². The molecule has 1 saturated heterocycles. The number of rotatable bonds is 4. The fourth-order valence-corrected chi connectivity index (χ4v) is 5.18. The third-order valence-electron chi connectivity index (χ3n) is 6.56. The van der Waals surface area contributed by atoms with Crippen molar-refractivity contribution in [2.45, 2.75) is 57.9 Å². The van der Waals surface area contributed by atoms with Crippen molar-refractivity contribution in [3.63, 3.8) is 0 Å². The van der Waals surface area contributed by atoms with Crippen molar-refractivity contribution in [1.82, 2.24) is 5.32 Å². The number of fused-ring (bicyclic) bond motifs is 2. The summed E-state index contributed by atoms with van der Waals surface area (Å²) >= 11 is 0. The van der Waals surface area contributed by atoms with Crippen LogP contribution in [0.2, 0.25) is 0 Å². The Morgan fingerprint density at radius 3 is 2.60 bits per heavy atom. The van der Waals surface area contributed by atoms with Crippen LogP contribution in [0, 0.1) is 17.8 Å². The number of hydrogen-bond acceptors (Lipinski definition) is 2. The van der Waals surface area contributed by atoms with E-state index in [4.69, 9.17) is 0 Å². The monoisotopic (exact) mass is 340 g/mol. The zero-order valence-corrected chi connectivity index (χ0v) is 15.0. The lowest BCUT2D eigenvalue weighted by atomic mass is 9.84. The van der Waals surface area contributed by atoms with Gasteiger partial charge in [-0.3, -0.25) is 9.59 Å². The summed E-state index contributed by atoms with van der Waals surface area (Å²) in [7, 11) is 0. The molecular formula is C21H28N2O2. The molecule has 4 rings (SSSR count). The minimum Gasteiger partial charge on any atom is -0.349 e. The van der Waals surface area contributed by atoms with E-state index >= 15 is 0 Å². The summed E-state index contributed by atoms with van der Waals surface area (Å²) in [6, 6.07) is 7.74. The van der Waals surface area contributed by atoms with Crippen LogP contribution >= 0.6 is 0 Å². The highest BCUT2D eigenvalue weighted by atomic mass is 16.2. The van der Waals surface area contributed by atoms with Crippen LogP contribution < -0.4 is 10.2 Å². The second-order valence-corrected chi connectivity index (χ2v) is 8.15. The van der Waals surface area contributed by atoms with Gasteiger partial charge < -0.3 is 10.2 Å². The van der Waals surface area contributed by atoms with Crippen molar-refractivity contribution >= 4 is 17.5 Å². The molecule has 134 valence electrons. The van der Waals surface area contributed by atoms with Gasteiger partial charge >= 0.3 is 0 Å². The molecule has 3 aliphatic rings. The molecule has 0 aromatic heterocycles. The normalized spacial score (nSPS) is 29.7. The highest BCUT2D eigenvalue weighted by Crippen LogP contribution is 2.49. The van der Waals surface area contributed by atoms with Crippen molar-refractivity contribution in [2.24, 2.45) is 17.8 Å². The molecule has 2 bridgehead atoms. The zero-order valence-electron chi connectivity index (χ0n) is 15.0. The van der Waals surface area contributed by atoms with E-state index in [1.54, 1.807) is 0 Å². The van der Waals surface area contributed by atoms with Gasteiger partial charge in [-0.25, -0.2) is 0 Å². The van der Waals surface area contributed by atoms with Gasteiger partial charge in [0.05, 0.1) is 0 Å². The number of hydrogen-bond donors (Lipinski definition) is 1. The average Bonchev–Trinajstić information content (AvgIpc) is 3.26. The van der Waals surface area contributed by atoms with Crippen LogP contribution in [0.5, 0.6) is 0 Å². The summed E-state index contributed by atoms with van der Waals surface area (Å²) in [6.07, 6.45) is 8.03. The molecule has 1 aromatic rings. The number of anilines is 1. The zero-order chi connectivity index (χ0) is 17.4. The minimum atomic E-state index is 0.00629. The number of amides is 2. The molecule has 4 nitrogen and oxygen atoms in total. The molecule has 4 heteroatoms. The van der Waals surface area contributed by atoms with Gasteiger partial charge in [0.1, 0.15) is 0 Å². The predicted molar refractivity (Wildman–Crippen MR) is 98.5 cm³/mol. The number of piperidine rings is 1. The first kappa shape index (κ1) is 16.6. The Morgan fingerprint density at radius 1 is 1.16 bits per heavy atom. The Kier molecular flexibility index (Phi) is 4.53. The first-order chi connectivity index (χ1) is 12.1. The topological polar surface area (TPSA) is 49.4 Å². The maximum absolute atomic E-state index is 12.6. The molecule has 1 aromatic carbocycles. The van der Waals surface area contributed by atoms with E-state index in [-0.39, 0.29) is 17.9 Å². The van der Waals surface area contributed by atoms with Crippen molar-refractivity contribution in [3.05, 3.63) is 29.8 Å². The molecule has 4 atom stereocenters. The molecular weight excluding hydrogens is 312 g/mol. The summed E-state index contributed by atoms with van der Waals surface area (Å²) in [5.41, 5.74) is 1.59. The van der Waals surface area contributed by atoms with E-state index in [0.29, 0.717) is 17.9 Å². The SMILES string of the molecule is C[C@H](NC(=O)c1ccc(N2CCCCC2=O)cc1)[C@H]1C[C@H]2CC[C@H]1C2. The van der Waals surface area contributed by atoms with E-state index in [1.165, 1.54) is 25.7 Å². The van der Waals surface area contributed by atoms with E-state index < -0.39 is 0 Å². The number of carbonyl (C=O) groups excluding carboxylic acids is 2. The first-order valence-corrected chi connectivity index (χ1v) is 9.83. The van der Waals surface area contributed by atoms with E-state index in [0.717, 1.165) is 36.9 Å². The lowest BCUT2D eigenvalue weighted by Gasteiger charge is -2.29. The van der Waals surface area contributed by atoms with E-state index in [2.05, 4.69) is 12.2 Å². The van der Waals surface area contributed by atoms with Gasteiger partial charge in [0, 0.05) is 30.3 Å². The second kappa shape index (κ2) is 6.81. The largest absolute Gasteiger partial charge is 0.349 e. The van der Waals surface area contributed by atoms with Gasteiger partial charge in [0.2, 0.25) is 5.91 Å². The van der Waals surface area contributed by atoms with Crippen molar-refractivity contribution in [1.29, 1.82) is 0 Å². The number of nitrogens with one attached hydrogen (secondary N) is 1. The van der Waals surface area contributed by atoms with Gasteiger partial charge in [0.15, 0.2) is 0 Å². The molecule has 1 aliphatic heterocycles. The summed E-state index contributed by atoms with van der Waals surface area (Å²) < 4.78 is 0. The Bertz CT molecular complexity index is 654. The predicted octanol–water partition coefficient (Wildman–Crippen LogP) is 3.76. The third kappa shape index (κ3) is 3.31. The number of benzene rings is 1. The molecule has 0 radical (unpaired) electrons.